The molecule has 13 heteroatoms. The number of hydrogen-bond acceptors (Lipinski definition) is 8. The van der Waals surface area contributed by atoms with Crippen LogP contribution >= 0.6 is 0 Å². The largest absolute Gasteiger partial charge is 2.00 e. The number of aryl methyl sites for hydroxylation is 4. The fraction of sp³-hybridized carbons (Fsp3) is 0.143. The monoisotopic (exact) mass is 582 g/mol. The zero-order valence-corrected chi connectivity index (χ0v) is 23.6. The topological polar surface area (TPSA) is 141 Å². The van der Waals surface area contributed by atoms with Crippen LogP contribution in [0.25, 0.3) is 57.1 Å². The SMILES string of the molecule is Cc1c(C)c2nc3nc(nc4[n-]c(nc5nc(nc1[n-]2)nn5-c1ccccc1)c(C)c4C)nn3-c1ccccc1.[Fe+2]. The molecule has 0 aliphatic heterocycles. The maximum absolute atomic E-state index is 4.79. The molecule has 0 fully saturated rings. The van der Waals surface area contributed by atoms with Gasteiger partial charge >= 0.3 is 17.1 Å². The summed E-state index contributed by atoms with van der Waals surface area (Å²) in [6, 6.07) is 19.3. The Balaban J connectivity index is 0.00000302. The van der Waals surface area contributed by atoms with Crippen molar-refractivity contribution in [2.24, 2.45) is 0 Å². The second-order valence-corrected chi connectivity index (χ2v) is 9.38. The molecule has 0 N–H and O–H groups in total. The molecule has 5 aromatic heterocycles. The normalized spacial score (nSPS) is 11.2. The Labute approximate surface area is 243 Å². The molecular formula is C28H22FeN12. The maximum atomic E-state index is 4.79. The van der Waals surface area contributed by atoms with Crippen molar-refractivity contribution in [1.29, 1.82) is 0 Å². The van der Waals surface area contributed by atoms with Gasteiger partial charge in [-0.05, 0) is 74.2 Å². The van der Waals surface area contributed by atoms with E-state index >= 15 is 0 Å². The van der Waals surface area contributed by atoms with Gasteiger partial charge in [0.15, 0.2) is 23.1 Å². The van der Waals surface area contributed by atoms with Crippen LogP contribution in [0.3, 0.4) is 0 Å². The molecule has 0 atom stereocenters. The van der Waals surface area contributed by atoms with Crippen molar-refractivity contribution in [3.63, 3.8) is 0 Å². The van der Waals surface area contributed by atoms with Crippen molar-refractivity contribution in [1.82, 2.24) is 59.4 Å². The van der Waals surface area contributed by atoms with Crippen LogP contribution in [0.15, 0.2) is 60.7 Å². The molecule has 5 heterocycles. The third-order valence-electron chi connectivity index (χ3n) is 6.87. The van der Waals surface area contributed by atoms with Crippen molar-refractivity contribution in [2.45, 2.75) is 27.7 Å². The van der Waals surface area contributed by atoms with E-state index in [9.17, 15) is 0 Å². The second kappa shape index (κ2) is 10.2. The maximum Gasteiger partial charge on any atom is 2.00 e. The number of rotatable bonds is 2. The van der Waals surface area contributed by atoms with Crippen molar-refractivity contribution >= 4 is 45.7 Å². The number of benzene rings is 2. The van der Waals surface area contributed by atoms with Gasteiger partial charge < -0.3 is 29.9 Å². The molecule has 0 radical (unpaired) electrons. The van der Waals surface area contributed by atoms with Crippen molar-refractivity contribution in [2.75, 3.05) is 0 Å². The summed E-state index contributed by atoms with van der Waals surface area (Å²) in [5.41, 5.74) is 6.94. The van der Waals surface area contributed by atoms with Crippen LogP contribution < -0.4 is 9.97 Å². The average Bonchev–Trinajstić information content (AvgIpc) is 3.70. The van der Waals surface area contributed by atoms with Gasteiger partial charge in [0.1, 0.15) is 0 Å². The van der Waals surface area contributed by atoms with E-state index in [1.807, 2.05) is 88.4 Å². The van der Waals surface area contributed by atoms with Gasteiger partial charge in [0.25, 0.3) is 0 Å². The molecule has 0 unspecified atom stereocenters. The predicted molar refractivity (Wildman–Crippen MR) is 150 cm³/mol. The van der Waals surface area contributed by atoms with E-state index in [1.54, 1.807) is 9.36 Å². The summed E-state index contributed by atoms with van der Waals surface area (Å²) in [5, 5.41) is 9.30. The minimum Gasteiger partial charge on any atom is -0.358 e. The zero-order valence-electron chi connectivity index (χ0n) is 22.5. The van der Waals surface area contributed by atoms with Crippen molar-refractivity contribution in [3.05, 3.63) is 82.9 Å². The molecule has 0 aliphatic carbocycles. The van der Waals surface area contributed by atoms with Crippen LogP contribution in [0.5, 0.6) is 0 Å². The Hall–Kier alpha value is -5.00. The molecule has 0 amide bonds. The van der Waals surface area contributed by atoms with Gasteiger partial charge in [-0.2, -0.15) is 0 Å². The van der Waals surface area contributed by atoms with Crippen LogP contribution in [0.4, 0.5) is 0 Å². The summed E-state index contributed by atoms with van der Waals surface area (Å²) in [6.45, 7) is 7.78. The van der Waals surface area contributed by atoms with Crippen LogP contribution in [-0.4, -0.2) is 49.5 Å². The van der Waals surface area contributed by atoms with E-state index in [4.69, 9.17) is 19.9 Å². The molecule has 7 rings (SSSR count). The van der Waals surface area contributed by atoms with Crippen LogP contribution in [0.1, 0.15) is 22.3 Å². The van der Waals surface area contributed by atoms with E-state index in [0.717, 1.165) is 33.6 Å². The Morgan fingerprint density at radius 1 is 0.463 bits per heavy atom. The van der Waals surface area contributed by atoms with Gasteiger partial charge in [-0.1, -0.05) is 36.4 Å². The first kappa shape index (κ1) is 26.2. The standard InChI is InChI=1S/C28H22N12.Fe/c1-15-17(3)23-29-21(15)31-25-35-28(40(37-25)20-13-9-6-10-14-20)34-24-18(4)16(2)22(30-24)32-26-36-27(33-23)39(38-26)19-11-7-5-8-12-19;/h5-14H,1-4H3;/q-2;+2. The molecule has 2 aromatic carbocycles. The molecule has 0 saturated carbocycles. The minimum absolute atomic E-state index is 0. The molecule has 8 bridgehead atoms. The van der Waals surface area contributed by atoms with Crippen molar-refractivity contribution < 1.29 is 17.1 Å². The zero-order chi connectivity index (χ0) is 27.4. The molecule has 12 nitrogen and oxygen atoms in total. The number of nitrogens with zero attached hydrogens (tertiary/aromatic N) is 12. The molecule has 202 valence electrons. The Morgan fingerprint density at radius 2 is 0.805 bits per heavy atom. The summed E-state index contributed by atoms with van der Waals surface area (Å²) in [6.07, 6.45) is 0. The van der Waals surface area contributed by atoms with Gasteiger partial charge in [0.05, 0.1) is 11.4 Å². The Kier molecular flexibility index (Phi) is 6.52. The number of para-hydroxylation sites is 2. The van der Waals surface area contributed by atoms with E-state index in [2.05, 4.69) is 30.1 Å². The fourth-order valence-electron chi connectivity index (χ4n) is 4.33. The summed E-state index contributed by atoms with van der Waals surface area (Å²) in [4.78, 5) is 37.6. The van der Waals surface area contributed by atoms with Gasteiger partial charge in [0, 0.05) is 22.6 Å². The predicted octanol–water partition coefficient (Wildman–Crippen LogP) is 3.87. The Morgan fingerprint density at radius 3 is 1.17 bits per heavy atom. The van der Waals surface area contributed by atoms with E-state index in [0.29, 0.717) is 34.1 Å². The van der Waals surface area contributed by atoms with Crippen LogP contribution in [-0.2, 0) is 17.1 Å². The van der Waals surface area contributed by atoms with E-state index in [1.165, 1.54) is 0 Å². The summed E-state index contributed by atoms with van der Waals surface area (Å²) < 4.78 is 3.28. The Bertz CT molecular complexity index is 2000. The molecular weight excluding hydrogens is 560 g/mol. The number of fused-ring (bicyclic) bond motifs is 8. The first-order chi connectivity index (χ1) is 19.4. The first-order valence-electron chi connectivity index (χ1n) is 12.6. The summed E-state index contributed by atoms with van der Waals surface area (Å²) >= 11 is 0. The van der Waals surface area contributed by atoms with E-state index in [-0.39, 0.29) is 28.6 Å². The van der Waals surface area contributed by atoms with Crippen LogP contribution in [0, 0.1) is 27.7 Å². The van der Waals surface area contributed by atoms with Crippen LogP contribution in [0.2, 0.25) is 0 Å². The van der Waals surface area contributed by atoms with Gasteiger partial charge in [0.2, 0.25) is 0 Å². The molecule has 0 saturated heterocycles. The molecule has 0 aliphatic rings. The first-order valence-corrected chi connectivity index (χ1v) is 12.6. The minimum atomic E-state index is 0. The molecule has 7 aromatic rings. The fourth-order valence-corrected chi connectivity index (χ4v) is 4.33. The number of aromatic nitrogens is 12. The second-order valence-electron chi connectivity index (χ2n) is 9.38. The van der Waals surface area contributed by atoms with Crippen molar-refractivity contribution in [3.8, 4) is 11.4 Å². The van der Waals surface area contributed by atoms with E-state index < -0.39 is 0 Å². The quantitative estimate of drug-likeness (QED) is 0.276. The third-order valence-corrected chi connectivity index (χ3v) is 6.87. The van der Waals surface area contributed by atoms with Gasteiger partial charge in [-0.3, -0.25) is 0 Å². The molecule has 0 spiro atoms. The number of hydrogen-bond donors (Lipinski definition) is 0. The smallest absolute Gasteiger partial charge is 0.358 e. The molecule has 41 heavy (non-hydrogen) atoms. The summed E-state index contributed by atoms with van der Waals surface area (Å²) in [5.74, 6) is 1.12. The third kappa shape index (κ3) is 4.60. The average molecular weight is 582 g/mol. The van der Waals surface area contributed by atoms with Gasteiger partial charge in [-0.25, -0.2) is 19.3 Å². The summed E-state index contributed by atoms with van der Waals surface area (Å²) in [7, 11) is 0. The van der Waals surface area contributed by atoms with Gasteiger partial charge in [-0.15, -0.1) is 10.2 Å².